The quantitative estimate of drug-likeness (QED) is 0.717. The van der Waals surface area contributed by atoms with Gasteiger partial charge in [0.05, 0.1) is 24.4 Å². The van der Waals surface area contributed by atoms with Crippen LogP contribution in [-0.4, -0.2) is 28.8 Å². The monoisotopic (exact) mass is 377 g/mol. The molecule has 0 spiro atoms. The molecule has 0 aliphatic heterocycles. The molecular formula is C22H23N3O3. The third kappa shape index (κ3) is 3.50. The van der Waals surface area contributed by atoms with Crippen molar-refractivity contribution in [2.75, 3.05) is 13.2 Å². The second-order valence-corrected chi connectivity index (χ2v) is 6.88. The summed E-state index contributed by atoms with van der Waals surface area (Å²) in [6, 6.07) is 13.2. The second-order valence-electron chi connectivity index (χ2n) is 6.88. The first-order chi connectivity index (χ1) is 13.7. The molecule has 3 aromatic rings. The number of hydrogen-bond donors (Lipinski definition) is 1. The Kier molecular flexibility index (Phi) is 5.10. The minimum atomic E-state index is -0.213. The molecule has 1 amide bonds. The van der Waals surface area contributed by atoms with Crippen molar-refractivity contribution >= 4 is 16.7 Å². The Morgan fingerprint density at radius 2 is 2.07 bits per heavy atom. The Labute approximate surface area is 163 Å². The van der Waals surface area contributed by atoms with E-state index in [-0.39, 0.29) is 11.5 Å². The highest BCUT2D eigenvalue weighted by Gasteiger charge is 2.17. The van der Waals surface area contributed by atoms with Crippen LogP contribution >= 0.6 is 0 Å². The van der Waals surface area contributed by atoms with Gasteiger partial charge in [-0.1, -0.05) is 30.3 Å². The summed E-state index contributed by atoms with van der Waals surface area (Å²) in [7, 11) is 0. The van der Waals surface area contributed by atoms with E-state index in [9.17, 15) is 9.59 Å². The molecule has 1 aromatic heterocycles. The summed E-state index contributed by atoms with van der Waals surface area (Å²) in [6.45, 7) is 3.03. The van der Waals surface area contributed by atoms with Crippen molar-refractivity contribution in [1.82, 2.24) is 15.1 Å². The smallest absolute Gasteiger partial charge is 0.267 e. The number of fused-ring (bicyclic) bond motifs is 2. The van der Waals surface area contributed by atoms with Gasteiger partial charge in [-0.05, 0) is 48.6 Å². The number of carbonyl (C=O) groups is 1. The summed E-state index contributed by atoms with van der Waals surface area (Å²) < 4.78 is 7.11. The molecule has 1 aliphatic carbocycles. The van der Waals surface area contributed by atoms with Gasteiger partial charge in [0.15, 0.2) is 0 Å². The van der Waals surface area contributed by atoms with Crippen LogP contribution in [0.25, 0.3) is 10.8 Å². The molecule has 0 radical (unpaired) electrons. The lowest BCUT2D eigenvalue weighted by atomic mass is 10.0. The number of aromatic nitrogens is 2. The van der Waals surface area contributed by atoms with Gasteiger partial charge in [0.25, 0.3) is 11.5 Å². The number of aryl methyl sites for hydroxylation is 2. The number of nitrogens with one attached hydrogen (secondary N) is 1. The van der Waals surface area contributed by atoms with Gasteiger partial charge < -0.3 is 10.1 Å². The average Bonchev–Trinajstić information content (AvgIpc) is 3.15. The normalized spacial score (nSPS) is 12.8. The van der Waals surface area contributed by atoms with Gasteiger partial charge in [0, 0.05) is 12.6 Å². The number of nitrogens with zero attached hydrogens (tertiary/aromatic N) is 2. The van der Waals surface area contributed by atoms with E-state index in [2.05, 4.69) is 10.4 Å². The zero-order chi connectivity index (χ0) is 19.5. The number of carbonyl (C=O) groups excluding carboxylic acids is 1. The van der Waals surface area contributed by atoms with Crippen LogP contribution in [0.3, 0.4) is 0 Å². The van der Waals surface area contributed by atoms with Crippen molar-refractivity contribution in [3.63, 3.8) is 0 Å². The van der Waals surface area contributed by atoms with E-state index in [0.29, 0.717) is 31.0 Å². The summed E-state index contributed by atoms with van der Waals surface area (Å²) in [6.07, 6.45) is 2.88. The number of rotatable bonds is 6. The first-order valence-corrected chi connectivity index (χ1v) is 9.70. The van der Waals surface area contributed by atoms with E-state index in [4.69, 9.17) is 4.74 Å². The molecule has 144 valence electrons. The van der Waals surface area contributed by atoms with Crippen LogP contribution in [-0.2, 0) is 19.4 Å². The highest BCUT2D eigenvalue weighted by Crippen LogP contribution is 2.28. The van der Waals surface area contributed by atoms with E-state index in [0.717, 1.165) is 41.3 Å². The summed E-state index contributed by atoms with van der Waals surface area (Å²) in [4.78, 5) is 25.1. The Morgan fingerprint density at radius 1 is 1.21 bits per heavy atom. The molecule has 0 bridgehead atoms. The Morgan fingerprint density at radius 3 is 2.93 bits per heavy atom. The average molecular weight is 377 g/mol. The Bertz CT molecular complexity index is 1090. The molecular weight excluding hydrogens is 354 g/mol. The van der Waals surface area contributed by atoms with E-state index in [1.165, 1.54) is 4.68 Å². The van der Waals surface area contributed by atoms with E-state index >= 15 is 0 Å². The van der Waals surface area contributed by atoms with E-state index in [1.54, 1.807) is 6.07 Å². The van der Waals surface area contributed by atoms with Crippen molar-refractivity contribution in [3.05, 3.63) is 69.6 Å². The number of amides is 1. The maximum atomic E-state index is 12.9. The van der Waals surface area contributed by atoms with Gasteiger partial charge in [0.1, 0.15) is 5.75 Å². The molecule has 1 N–H and O–H groups in total. The molecule has 0 fully saturated rings. The fraction of sp³-hybridized carbons (Fsp3) is 0.318. The van der Waals surface area contributed by atoms with Crippen LogP contribution in [0.4, 0.5) is 0 Å². The summed E-state index contributed by atoms with van der Waals surface area (Å²) in [5.74, 6) is 0.348. The zero-order valence-electron chi connectivity index (χ0n) is 15.9. The third-order valence-corrected chi connectivity index (χ3v) is 5.05. The molecule has 4 rings (SSSR count). The molecule has 1 aliphatic rings. The van der Waals surface area contributed by atoms with Gasteiger partial charge in [-0.15, -0.1) is 0 Å². The van der Waals surface area contributed by atoms with Gasteiger partial charge in [-0.2, -0.15) is 5.10 Å². The molecule has 2 aromatic carbocycles. The highest BCUT2D eigenvalue weighted by molar-refractivity contribution is 6.09. The fourth-order valence-electron chi connectivity index (χ4n) is 3.72. The lowest BCUT2D eigenvalue weighted by Crippen LogP contribution is -2.32. The largest absolute Gasteiger partial charge is 0.493 e. The summed E-state index contributed by atoms with van der Waals surface area (Å²) >= 11 is 0. The minimum Gasteiger partial charge on any atom is -0.493 e. The minimum absolute atomic E-state index is 0.116. The standard InChI is InChI=1S/C22H23N3O3/c1-2-28-19-11-10-15-6-3-4-8-17(15)21(19)22(27)23-12-13-25-20(26)14-16-7-5-9-18(16)24-25/h3-4,6,8,10-11,14H,2,5,7,9,12-13H2,1H3,(H,23,27). The number of benzene rings is 2. The molecule has 0 saturated carbocycles. The lowest BCUT2D eigenvalue weighted by Gasteiger charge is -2.14. The number of hydrogen-bond acceptors (Lipinski definition) is 4. The SMILES string of the molecule is CCOc1ccc2ccccc2c1C(=O)NCCn1nc2c(cc1=O)CCC2. The second kappa shape index (κ2) is 7.84. The molecule has 6 nitrogen and oxygen atoms in total. The van der Waals surface area contributed by atoms with Gasteiger partial charge in [-0.3, -0.25) is 9.59 Å². The topological polar surface area (TPSA) is 73.2 Å². The molecule has 1 heterocycles. The lowest BCUT2D eigenvalue weighted by molar-refractivity contribution is 0.0949. The maximum Gasteiger partial charge on any atom is 0.267 e. The Hall–Kier alpha value is -3.15. The van der Waals surface area contributed by atoms with Crippen LogP contribution in [0.15, 0.2) is 47.3 Å². The first kappa shape index (κ1) is 18.2. The first-order valence-electron chi connectivity index (χ1n) is 9.70. The Balaban J connectivity index is 1.53. The van der Waals surface area contributed by atoms with E-state index < -0.39 is 0 Å². The molecule has 0 unspecified atom stereocenters. The van der Waals surface area contributed by atoms with Crippen molar-refractivity contribution < 1.29 is 9.53 Å². The van der Waals surface area contributed by atoms with E-state index in [1.807, 2.05) is 43.3 Å². The number of ether oxygens (including phenoxy) is 1. The van der Waals surface area contributed by atoms with Crippen molar-refractivity contribution in [2.24, 2.45) is 0 Å². The molecule has 28 heavy (non-hydrogen) atoms. The molecule has 0 atom stereocenters. The van der Waals surface area contributed by atoms with Gasteiger partial charge in [-0.25, -0.2) is 4.68 Å². The van der Waals surface area contributed by atoms with Crippen molar-refractivity contribution in [3.8, 4) is 5.75 Å². The van der Waals surface area contributed by atoms with Crippen LogP contribution < -0.4 is 15.6 Å². The predicted octanol–water partition coefficient (Wildman–Crippen LogP) is 2.71. The van der Waals surface area contributed by atoms with Crippen LogP contribution in [0.2, 0.25) is 0 Å². The summed E-state index contributed by atoms with van der Waals surface area (Å²) in [5.41, 5.74) is 2.46. The van der Waals surface area contributed by atoms with Gasteiger partial charge in [0.2, 0.25) is 0 Å². The predicted molar refractivity (Wildman–Crippen MR) is 108 cm³/mol. The maximum absolute atomic E-state index is 12.9. The van der Waals surface area contributed by atoms with Crippen LogP contribution in [0, 0.1) is 0 Å². The molecule has 6 heteroatoms. The summed E-state index contributed by atoms with van der Waals surface area (Å²) in [5, 5.41) is 9.19. The third-order valence-electron chi connectivity index (χ3n) is 5.05. The molecule has 0 saturated heterocycles. The van der Waals surface area contributed by atoms with Crippen molar-refractivity contribution in [2.45, 2.75) is 32.7 Å². The van der Waals surface area contributed by atoms with Crippen molar-refractivity contribution in [1.29, 1.82) is 0 Å². The highest BCUT2D eigenvalue weighted by atomic mass is 16.5. The van der Waals surface area contributed by atoms with Crippen LogP contribution in [0.1, 0.15) is 35.0 Å². The van der Waals surface area contributed by atoms with Crippen LogP contribution in [0.5, 0.6) is 5.75 Å². The van der Waals surface area contributed by atoms with Gasteiger partial charge >= 0.3 is 0 Å². The zero-order valence-corrected chi connectivity index (χ0v) is 15.9. The fourth-order valence-corrected chi connectivity index (χ4v) is 3.72.